The van der Waals surface area contributed by atoms with Gasteiger partial charge in [0.25, 0.3) is 11.5 Å². The molecule has 0 bridgehead atoms. The van der Waals surface area contributed by atoms with E-state index in [2.05, 4.69) is 41.9 Å². The van der Waals surface area contributed by atoms with Gasteiger partial charge in [0.15, 0.2) is 23.9 Å². The topological polar surface area (TPSA) is 95.2 Å². The first-order valence-corrected chi connectivity index (χ1v) is 14.4. The van der Waals surface area contributed by atoms with Crippen molar-refractivity contribution < 1.29 is 32.2 Å². The van der Waals surface area contributed by atoms with Crippen molar-refractivity contribution in [2.24, 2.45) is 5.10 Å². The van der Waals surface area contributed by atoms with E-state index in [1.807, 2.05) is 0 Å². The average molecular weight is 724 g/mol. The molecule has 1 aliphatic heterocycles. The number of carbonyl (C=O) groups excluding carboxylic acids is 1. The number of benzene rings is 3. The molecule has 1 amide bonds. The smallest absolute Gasteiger partial charge is 0.416 e. The lowest BCUT2D eigenvalue weighted by Crippen LogP contribution is -2.43. The molecule has 0 spiro atoms. The molecule has 1 aromatic heterocycles. The van der Waals surface area contributed by atoms with Gasteiger partial charge in [0, 0.05) is 28.7 Å². The standard InChI is InChI=1S/C29H23Br2F3N4O5/c1-41-22-14-18(24(30)25(31)26(22)43-16-23(39)37-9-11-42-12-10-37)15-35-38-27(17-5-4-6-19(13-17)29(32,33)34)36-21-8-3-2-7-20(21)28(38)40/h2-8,13-15H,9-12,16H2,1H3. The number of aromatic nitrogens is 2. The highest BCUT2D eigenvalue weighted by Crippen LogP contribution is 2.42. The summed E-state index contributed by atoms with van der Waals surface area (Å²) in [5, 5.41) is 4.59. The predicted octanol–water partition coefficient (Wildman–Crippen LogP) is 5.74. The molecule has 0 N–H and O–H groups in total. The van der Waals surface area contributed by atoms with Crippen LogP contribution in [0.25, 0.3) is 22.3 Å². The largest absolute Gasteiger partial charge is 0.493 e. The maximum atomic E-state index is 13.5. The molecule has 0 saturated carbocycles. The molecule has 0 aliphatic carbocycles. The first-order valence-electron chi connectivity index (χ1n) is 12.9. The van der Waals surface area contributed by atoms with E-state index in [1.54, 1.807) is 35.2 Å². The molecular formula is C29H23Br2F3N4O5. The molecule has 14 heteroatoms. The van der Waals surface area contributed by atoms with Crippen LogP contribution in [0.4, 0.5) is 13.2 Å². The number of alkyl halides is 3. The van der Waals surface area contributed by atoms with Crippen molar-refractivity contribution in [3.8, 4) is 22.9 Å². The van der Waals surface area contributed by atoms with Gasteiger partial charge in [0.2, 0.25) is 0 Å². The van der Waals surface area contributed by atoms with E-state index in [1.165, 1.54) is 25.5 Å². The summed E-state index contributed by atoms with van der Waals surface area (Å²) in [4.78, 5) is 32.2. The van der Waals surface area contributed by atoms with Gasteiger partial charge in [-0.25, -0.2) is 4.98 Å². The molecule has 1 aliphatic rings. The Morgan fingerprint density at radius 3 is 2.56 bits per heavy atom. The molecule has 0 atom stereocenters. The third-order valence-corrected chi connectivity index (χ3v) is 8.74. The Kier molecular flexibility index (Phi) is 9.18. The van der Waals surface area contributed by atoms with Crippen LogP contribution >= 0.6 is 31.9 Å². The molecule has 1 saturated heterocycles. The third-order valence-electron chi connectivity index (χ3n) is 6.59. The maximum Gasteiger partial charge on any atom is 0.416 e. The fourth-order valence-corrected chi connectivity index (χ4v) is 5.33. The van der Waals surface area contributed by atoms with Crippen LogP contribution in [0, 0.1) is 0 Å². The second kappa shape index (κ2) is 12.9. The molecule has 1 fully saturated rings. The van der Waals surface area contributed by atoms with E-state index in [-0.39, 0.29) is 40.8 Å². The summed E-state index contributed by atoms with van der Waals surface area (Å²) >= 11 is 6.97. The molecule has 224 valence electrons. The Labute approximate surface area is 260 Å². The summed E-state index contributed by atoms with van der Waals surface area (Å²) in [7, 11) is 1.43. The SMILES string of the molecule is COc1cc(C=Nn2c(-c3cccc(C(F)(F)F)c3)nc3ccccc3c2=O)c(Br)c(Br)c1OCC(=O)N1CCOCC1. The summed E-state index contributed by atoms with van der Waals surface area (Å²) in [6, 6.07) is 12.6. The molecule has 43 heavy (non-hydrogen) atoms. The lowest BCUT2D eigenvalue weighted by atomic mass is 10.1. The zero-order valence-electron chi connectivity index (χ0n) is 22.5. The molecule has 2 heterocycles. The number of amides is 1. The van der Waals surface area contributed by atoms with Gasteiger partial charge < -0.3 is 19.1 Å². The Hall–Kier alpha value is -3.75. The molecule has 0 radical (unpaired) electrons. The van der Waals surface area contributed by atoms with Crippen molar-refractivity contribution in [2.75, 3.05) is 40.0 Å². The number of hydrogen-bond acceptors (Lipinski definition) is 7. The van der Waals surface area contributed by atoms with E-state index < -0.39 is 17.3 Å². The number of rotatable bonds is 7. The molecule has 4 aromatic rings. The number of halogens is 5. The number of hydrogen-bond donors (Lipinski definition) is 0. The summed E-state index contributed by atoms with van der Waals surface area (Å²) in [5.41, 5.74) is -0.655. The van der Waals surface area contributed by atoms with Crippen molar-refractivity contribution >= 4 is 54.9 Å². The van der Waals surface area contributed by atoms with E-state index >= 15 is 0 Å². The van der Waals surface area contributed by atoms with Crippen molar-refractivity contribution in [1.29, 1.82) is 0 Å². The molecule has 0 unspecified atom stereocenters. The number of methoxy groups -OCH3 is 1. The van der Waals surface area contributed by atoms with Crippen LogP contribution in [0.3, 0.4) is 0 Å². The van der Waals surface area contributed by atoms with Gasteiger partial charge in [-0.1, -0.05) is 24.3 Å². The van der Waals surface area contributed by atoms with Crippen molar-refractivity contribution in [2.45, 2.75) is 6.18 Å². The van der Waals surface area contributed by atoms with Crippen LogP contribution < -0.4 is 15.0 Å². The quantitative estimate of drug-likeness (QED) is 0.226. The van der Waals surface area contributed by atoms with Crippen LogP contribution in [0.2, 0.25) is 0 Å². The van der Waals surface area contributed by atoms with Crippen LogP contribution in [0.5, 0.6) is 11.5 Å². The monoisotopic (exact) mass is 722 g/mol. The highest BCUT2D eigenvalue weighted by Gasteiger charge is 2.31. The second-order valence-corrected chi connectivity index (χ2v) is 10.9. The van der Waals surface area contributed by atoms with Crippen molar-refractivity contribution in [3.63, 3.8) is 0 Å². The predicted molar refractivity (Wildman–Crippen MR) is 161 cm³/mol. The summed E-state index contributed by atoms with van der Waals surface area (Å²) in [5.74, 6) is 0.259. The summed E-state index contributed by atoms with van der Waals surface area (Å²) < 4.78 is 58.9. The van der Waals surface area contributed by atoms with Crippen LogP contribution in [-0.2, 0) is 15.7 Å². The van der Waals surface area contributed by atoms with Gasteiger partial charge in [-0.15, -0.1) is 0 Å². The molecular weight excluding hydrogens is 701 g/mol. The van der Waals surface area contributed by atoms with Gasteiger partial charge in [0.1, 0.15) is 0 Å². The highest BCUT2D eigenvalue weighted by atomic mass is 79.9. The first-order chi connectivity index (χ1) is 20.6. The maximum absolute atomic E-state index is 13.5. The normalized spacial score (nSPS) is 14.0. The zero-order valence-corrected chi connectivity index (χ0v) is 25.7. The minimum atomic E-state index is -4.59. The Morgan fingerprint density at radius 2 is 1.84 bits per heavy atom. The van der Waals surface area contributed by atoms with Crippen LogP contribution in [-0.4, -0.2) is 66.7 Å². The van der Waals surface area contributed by atoms with Crippen LogP contribution in [0.15, 0.2) is 73.4 Å². The number of fused-ring (bicyclic) bond motifs is 1. The van der Waals surface area contributed by atoms with Gasteiger partial charge >= 0.3 is 6.18 Å². The third kappa shape index (κ3) is 6.60. The Morgan fingerprint density at radius 1 is 1.09 bits per heavy atom. The second-order valence-electron chi connectivity index (χ2n) is 9.30. The minimum Gasteiger partial charge on any atom is -0.493 e. The Bertz CT molecular complexity index is 1770. The average Bonchev–Trinajstić information content (AvgIpc) is 3.01. The molecule has 3 aromatic carbocycles. The van der Waals surface area contributed by atoms with E-state index in [9.17, 15) is 22.8 Å². The summed E-state index contributed by atoms with van der Waals surface area (Å²) in [6.07, 6.45) is -3.25. The molecule has 5 rings (SSSR count). The van der Waals surface area contributed by atoms with E-state index in [0.29, 0.717) is 46.3 Å². The van der Waals surface area contributed by atoms with Crippen molar-refractivity contribution in [1.82, 2.24) is 14.6 Å². The van der Waals surface area contributed by atoms with Gasteiger partial charge in [0.05, 0.1) is 47.5 Å². The van der Waals surface area contributed by atoms with Gasteiger partial charge in [-0.2, -0.15) is 22.9 Å². The zero-order chi connectivity index (χ0) is 30.7. The number of carbonyl (C=O) groups is 1. The van der Waals surface area contributed by atoms with E-state index in [0.717, 1.165) is 16.8 Å². The molecule has 9 nitrogen and oxygen atoms in total. The fraction of sp³-hybridized carbons (Fsp3) is 0.241. The fourth-order valence-electron chi connectivity index (χ4n) is 4.39. The lowest BCUT2D eigenvalue weighted by molar-refractivity contribution is -0.138. The number of morpholine rings is 1. The first kappa shape index (κ1) is 30.7. The summed E-state index contributed by atoms with van der Waals surface area (Å²) in [6.45, 7) is 1.65. The number of nitrogens with zero attached hydrogens (tertiary/aromatic N) is 4. The van der Waals surface area contributed by atoms with Gasteiger partial charge in [-0.3, -0.25) is 9.59 Å². The van der Waals surface area contributed by atoms with Crippen LogP contribution in [0.1, 0.15) is 11.1 Å². The highest BCUT2D eigenvalue weighted by molar-refractivity contribution is 9.13. The van der Waals surface area contributed by atoms with Crippen molar-refractivity contribution in [3.05, 3.63) is 85.0 Å². The minimum absolute atomic E-state index is 0.0568. The van der Waals surface area contributed by atoms with Gasteiger partial charge in [-0.05, 0) is 62.2 Å². The number of ether oxygens (including phenoxy) is 3. The Balaban J connectivity index is 1.53. The van der Waals surface area contributed by atoms with E-state index in [4.69, 9.17) is 14.2 Å². The number of para-hydroxylation sites is 1. The lowest BCUT2D eigenvalue weighted by Gasteiger charge is -2.27.